The van der Waals surface area contributed by atoms with Crippen molar-refractivity contribution in [2.24, 2.45) is 0 Å². The van der Waals surface area contributed by atoms with Crippen LogP contribution in [-0.2, 0) is 11.3 Å². The molecule has 3 rings (SSSR count). The molecule has 0 saturated heterocycles. The highest BCUT2D eigenvalue weighted by Crippen LogP contribution is 2.34. The summed E-state index contributed by atoms with van der Waals surface area (Å²) in [6, 6.07) is 4.45. The van der Waals surface area contributed by atoms with Gasteiger partial charge in [0, 0.05) is 12.4 Å². The Morgan fingerprint density at radius 1 is 1.33 bits per heavy atom. The zero-order valence-electron chi connectivity index (χ0n) is 11.1. The second kappa shape index (κ2) is 4.93. The molecule has 0 atom stereocenters. The molecule has 6 heteroatoms. The van der Waals surface area contributed by atoms with Crippen LogP contribution in [0.25, 0.3) is 0 Å². The first kappa shape index (κ1) is 13.7. The molecule has 0 saturated carbocycles. The van der Waals surface area contributed by atoms with E-state index in [1.165, 1.54) is 24.5 Å². The molecule has 1 aromatic carbocycles. The van der Waals surface area contributed by atoms with E-state index in [1.807, 2.05) is 0 Å². The van der Waals surface area contributed by atoms with E-state index in [-0.39, 0.29) is 17.8 Å². The number of ketones is 1. The predicted molar refractivity (Wildman–Crippen MR) is 75.9 cm³/mol. The van der Waals surface area contributed by atoms with Crippen molar-refractivity contribution in [3.05, 3.63) is 58.1 Å². The van der Waals surface area contributed by atoms with E-state index in [9.17, 15) is 14.0 Å². The van der Waals surface area contributed by atoms with Crippen molar-refractivity contribution in [3.8, 4) is 0 Å². The molecular weight excluding hydrogens is 295 g/mol. The van der Waals surface area contributed by atoms with Gasteiger partial charge in [-0.05, 0) is 36.2 Å². The number of anilines is 1. The van der Waals surface area contributed by atoms with Gasteiger partial charge in [0.05, 0.1) is 22.8 Å². The Balaban J connectivity index is 2.08. The van der Waals surface area contributed by atoms with Gasteiger partial charge < -0.3 is 0 Å². The van der Waals surface area contributed by atoms with Crippen LogP contribution in [0.3, 0.4) is 0 Å². The number of benzene rings is 1. The highest BCUT2D eigenvalue weighted by molar-refractivity contribution is 6.52. The fourth-order valence-electron chi connectivity index (χ4n) is 2.37. The third-order valence-corrected chi connectivity index (χ3v) is 3.69. The normalized spacial score (nSPS) is 13.8. The van der Waals surface area contributed by atoms with Crippen LogP contribution in [0.1, 0.15) is 21.5 Å². The summed E-state index contributed by atoms with van der Waals surface area (Å²) in [4.78, 5) is 29.0. The summed E-state index contributed by atoms with van der Waals surface area (Å²) in [5.41, 5.74) is 1.31. The number of rotatable bonds is 2. The number of hydrogen-bond acceptors (Lipinski definition) is 3. The van der Waals surface area contributed by atoms with Crippen molar-refractivity contribution in [1.82, 2.24) is 4.98 Å². The van der Waals surface area contributed by atoms with Crippen molar-refractivity contribution in [1.29, 1.82) is 0 Å². The van der Waals surface area contributed by atoms with Gasteiger partial charge >= 0.3 is 0 Å². The first-order valence-electron chi connectivity index (χ1n) is 6.23. The Morgan fingerprint density at radius 3 is 2.81 bits per heavy atom. The van der Waals surface area contributed by atoms with Gasteiger partial charge in [-0.2, -0.15) is 0 Å². The van der Waals surface area contributed by atoms with Gasteiger partial charge in [-0.1, -0.05) is 11.6 Å². The molecule has 0 aliphatic carbocycles. The van der Waals surface area contributed by atoms with E-state index in [0.717, 1.165) is 4.90 Å². The summed E-state index contributed by atoms with van der Waals surface area (Å²) in [5, 5.41) is 0.360. The first-order chi connectivity index (χ1) is 9.99. The summed E-state index contributed by atoms with van der Waals surface area (Å²) in [5.74, 6) is -2.03. The van der Waals surface area contributed by atoms with E-state index in [0.29, 0.717) is 16.1 Å². The first-order valence-corrected chi connectivity index (χ1v) is 6.61. The molecule has 0 fully saturated rings. The summed E-state index contributed by atoms with van der Waals surface area (Å²) in [6.45, 7) is 1.70. The van der Waals surface area contributed by atoms with Gasteiger partial charge in [0.2, 0.25) is 0 Å². The van der Waals surface area contributed by atoms with Crippen molar-refractivity contribution in [3.63, 3.8) is 0 Å². The molecule has 2 heterocycles. The Labute approximate surface area is 125 Å². The number of aromatic nitrogens is 1. The summed E-state index contributed by atoms with van der Waals surface area (Å²) in [7, 11) is 0. The number of halogens is 2. The molecular formula is C15H10ClFN2O2. The maximum Gasteiger partial charge on any atom is 0.299 e. The van der Waals surface area contributed by atoms with E-state index in [2.05, 4.69) is 4.98 Å². The Morgan fingerprint density at radius 2 is 2.10 bits per heavy atom. The van der Waals surface area contributed by atoms with Gasteiger partial charge in [0.15, 0.2) is 0 Å². The van der Waals surface area contributed by atoms with E-state index < -0.39 is 17.5 Å². The monoisotopic (exact) mass is 304 g/mol. The lowest BCUT2D eigenvalue weighted by atomic mass is 10.1. The molecule has 0 radical (unpaired) electrons. The standard InChI is InChI=1S/C15H10ClFN2O2/c1-8-4-10-13(12(17)5-8)19(15(21)14(10)20)7-9-2-3-18-6-11(9)16/h2-6H,7H2,1H3. The molecule has 1 aliphatic rings. The Kier molecular flexibility index (Phi) is 3.22. The molecule has 0 bridgehead atoms. The van der Waals surface area contributed by atoms with Crippen molar-refractivity contribution >= 4 is 29.0 Å². The van der Waals surface area contributed by atoms with E-state index in [1.54, 1.807) is 13.0 Å². The molecule has 0 N–H and O–H groups in total. The summed E-state index contributed by atoms with van der Waals surface area (Å²) < 4.78 is 14.2. The fraction of sp³-hybridized carbons (Fsp3) is 0.133. The number of aryl methyl sites for hydroxylation is 1. The van der Waals surface area contributed by atoms with Crippen molar-refractivity contribution in [2.45, 2.75) is 13.5 Å². The van der Waals surface area contributed by atoms with Crippen LogP contribution in [0, 0.1) is 12.7 Å². The molecule has 4 nitrogen and oxygen atoms in total. The fourth-order valence-corrected chi connectivity index (χ4v) is 2.55. The van der Waals surface area contributed by atoms with Crippen LogP contribution in [0.5, 0.6) is 0 Å². The minimum absolute atomic E-state index is 0.0171. The number of hydrogen-bond donors (Lipinski definition) is 0. The van der Waals surface area contributed by atoms with Gasteiger partial charge in [-0.25, -0.2) is 4.39 Å². The number of Topliss-reactive ketones (excluding diaryl/α,β-unsaturated/α-hetero) is 1. The maximum atomic E-state index is 14.2. The summed E-state index contributed by atoms with van der Waals surface area (Å²) in [6.07, 6.45) is 2.96. The lowest BCUT2D eigenvalue weighted by Crippen LogP contribution is -2.29. The second-order valence-electron chi connectivity index (χ2n) is 4.83. The van der Waals surface area contributed by atoms with Crippen LogP contribution in [0.2, 0.25) is 5.02 Å². The highest BCUT2D eigenvalue weighted by atomic mass is 35.5. The third kappa shape index (κ3) is 2.19. The smallest absolute Gasteiger partial charge is 0.297 e. The molecule has 21 heavy (non-hydrogen) atoms. The molecule has 0 unspecified atom stereocenters. The molecule has 106 valence electrons. The van der Waals surface area contributed by atoms with Crippen molar-refractivity contribution in [2.75, 3.05) is 4.90 Å². The lowest BCUT2D eigenvalue weighted by molar-refractivity contribution is -0.114. The van der Waals surface area contributed by atoms with Crippen LogP contribution >= 0.6 is 11.6 Å². The van der Waals surface area contributed by atoms with Crippen LogP contribution in [0.4, 0.5) is 10.1 Å². The van der Waals surface area contributed by atoms with Gasteiger partial charge in [0.1, 0.15) is 5.82 Å². The highest BCUT2D eigenvalue weighted by Gasteiger charge is 2.38. The summed E-state index contributed by atoms with van der Waals surface area (Å²) >= 11 is 6.00. The molecule has 1 aromatic heterocycles. The number of nitrogens with zero attached hydrogens (tertiary/aromatic N) is 2. The van der Waals surface area contributed by atoms with E-state index >= 15 is 0 Å². The molecule has 1 aliphatic heterocycles. The van der Waals surface area contributed by atoms with Crippen molar-refractivity contribution < 1.29 is 14.0 Å². The quantitative estimate of drug-likeness (QED) is 0.802. The minimum atomic E-state index is -0.748. The number of carbonyl (C=O) groups excluding carboxylic acids is 2. The molecule has 2 aromatic rings. The van der Waals surface area contributed by atoms with Gasteiger partial charge in [0.25, 0.3) is 11.7 Å². The number of fused-ring (bicyclic) bond motifs is 1. The van der Waals surface area contributed by atoms with Crippen LogP contribution in [0.15, 0.2) is 30.6 Å². The average Bonchev–Trinajstić information content (AvgIpc) is 2.67. The largest absolute Gasteiger partial charge is 0.299 e. The maximum absolute atomic E-state index is 14.2. The zero-order chi connectivity index (χ0) is 15.1. The number of amides is 1. The Hall–Kier alpha value is -2.27. The second-order valence-corrected chi connectivity index (χ2v) is 5.24. The average molecular weight is 305 g/mol. The third-order valence-electron chi connectivity index (χ3n) is 3.35. The molecule has 1 amide bonds. The Bertz CT molecular complexity index is 776. The van der Waals surface area contributed by atoms with Crippen LogP contribution in [-0.4, -0.2) is 16.7 Å². The minimum Gasteiger partial charge on any atom is -0.297 e. The predicted octanol–water partition coefficient (Wildman–Crippen LogP) is 2.91. The lowest BCUT2D eigenvalue weighted by Gasteiger charge is -2.18. The topological polar surface area (TPSA) is 50.3 Å². The van der Waals surface area contributed by atoms with Gasteiger partial charge in [-0.15, -0.1) is 0 Å². The number of carbonyl (C=O) groups is 2. The number of pyridine rings is 1. The van der Waals surface area contributed by atoms with E-state index in [4.69, 9.17) is 11.6 Å². The SMILES string of the molecule is Cc1cc(F)c2c(c1)C(=O)C(=O)N2Cc1ccncc1Cl. The van der Waals surface area contributed by atoms with Gasteiger partial charge in [-0.3, -0.25) is 19.5 Å². The molecule has 0 spiro atoms. The zero-order valence-corrected chi connectivity index (χ0v) is 11.8. The van der Waals surface area contributed by atoms with Crippen LogP contribution < -0.4 is 4.90 Å².